The van der Waals surface area contributed by atoms with Crippen LogP contribution < -0.4 is 5.32 Å². The fraction of sp³-hybridized carbons (Fsp3) is 0.200. The highest BCUT2D eigenvalue weighted by molar-refractivity contribution is 8.13. The number of rotatable bonds is 2. The highest BCUT2D eigenvalue weighted by atomic mass is 32.2. The van der Waals surface area contributed by atoms with Crippen molar-refractivity contribution in [2.45, 2.75) is 4.90 Å². The molecular weight excluding hydrogens is 274 g/mol. The predicted molar refractivity (Wildman–Crippen MR) is 70.6 cm³/mol. The van der Waals surface area contributed by atoms with Gasteiger partial charge < -0.3 is 5.11 Å². The van der Waals surface area contributed by atoms with E-state index in [9.17, 15) is 13.5 Å². The van der Waals surface area contributed by atoms with Crippen molar-refractivity contribution >= 4 is 32.5 Å². The molecule has 0 radical (unpaired) electrons. The summed E-state index contributed by atoms with van der Waals surface area (Å²) in [6.07, 6.45) is 4.46. The fourth-order valence-corrected chi connectivity index (χ4v) is 2.08. The molecule has 1 rings (SSSR count). The fourth-order valence-electron chi connectivity index (χ4n) is 1.11. The van der Waals surface area contributed by atoms with E-state index in [0.717, 1.165) is 6.26 Å². The van der Waals surface area contributed by atoms with Gasteiger partial charge in [0.25, 0.3) is 0 Å². The van der Waals surface area contributed by atoms with Crippen LogP contribution in [-0.4, -0.2) is 31.2 Å². The molecule has 0 heterocycles. The van der Waals surface area contributed by atoms with Crippen LogP contribution in [0.4, 0.5) is 5.69 Å². The molecule has 0 unspecified atom stereocenters. The van der Waals surface area contributed by atoms with E-state index in [4.69, 9.17) is 5.26 Å². The number of hydrogen-bond acceptors (Lipinski definition) is 6. The summed E-state index contributed by atoms with van der Waals surface area (Å²) in [5.74, 6) is -0.159. The molecule has 8 heteroatoms. The van der Waals surface area contributed by atoms with Gasteiger partial charge in [-0.05, 0) is 24.5 Å². The molecule has 96 valence electrons. The minimum Gasteiger partial charge on any atom is -0.506 e. The molecule has 0 saturated carbocycles. The molecule has 0 fully saturated rings. The maximum absolute atomic E-state index is 11.4. The Morgan fingerprint density at radius 1 is 1.56 bits per heavy atom. The number of aliphatic imine (C=N–C) groups is 1. The summed E-state index contributed by atoms with van der Waals surface area (Å²) < 4.78 is 22.7. The van der Waals surface area contributed by atoms with E-state index >= 15 is 0 Å². The van der Waals surface area contributed by atoms with Crippen LogP contribution in [0, 0.1) is 11.5 Å². The molecule has 18 heavy (non-hydrogen) atoms. The molecule has 1 aromatic carbocycles. The molecule has 0 amide bonds. The predicted octanol–water partition coefficient (Wildman–Crippen LogP) is 1.22. The van der Waals surface area contributed by atoms with Crippen LogP contribution in [0.2, 0.25) is 0 Å². The van der Waals surface area contributed by atoms with E-state index in [2.05, 4.69) is 10.3 Å². The summed E-state index contributed by atoms with van der Waals surface area (Å²) in [5, 5.41) is 20.7. The molecule has 0 bridgehead atoms. The minimum absolute atomic E-state index is 0.0523. The van der Waals surface area contributed by atoms with Crippen LogP contribution in [0.15, 0.2) is 28.1 Å². The lowest BCUT2D eigenvalue weighted by Gasteiger charge is -2.04. The maximum Gasteiger partial charge on any atom is 0.183 e. The Balaban J connectivity index is 3.29. The van der Waals surface area contributed by atoms with Crippen molar-refractivity contribution < 1.29 is 13.5 Å². The van der Waals surface area contributed by atoms with Crippen molar-refractivity contribution in [3.05, 3.63) is 18.2 Å². The third kappa shape index (κ3) is 3.65. The smallest absolute Gasteiger partial charge is 0.183 e. The van der Waals surface area contributed by atoms with Gasteiger partial charge in [0.05, 0.1) is 4.90 Å². The van der Waals surface area contributed by atoms with Crippen LogP contribution in [0.25, 0.3) is 0 Å². The van der Waals surface area contributed by atoms with E-state index in [0.29, 0.717) is 0 Å². The van der Waals surface area contributed by atoms with E-state index in [1.807, 2.05) is 0 Å². The molecule has 0 aliphatic rings. The summed E-state index contributed by atoms with van der Waals surface area (Å²) >= 11 is 1.17. The van der Waals surface area contributed by atoms with Gasteiger partial charge in [0.15, 0.2) is 21.2 Å². The second-order valence-corrected chi connectivity index (χ2v) is 6.09. The molecule has 0 spiro atoms. The standard InChI is InChI=1S/C10H11N3O3S2/c1-17-10(12-6-11)13-8-5-7(18(2,15)16)3-4-9(8)14/h3-5,14H,1-2H3,(H,12,13). The number of nitriles is 1. The van der Waals surface area contributed by atoms with Crippen molar-refractivity contribution in [1.29, 1.82) is 5.26 Å². The number of phenolic OH excluding ortho intramolecular Hbond substituents is 1. The zero-order chi connectivity index (χ0) is 13.8. The van der Waals surface area contributed by atoms with Crippen molar-refractivity contribution in [2.75, 3.05) is 12.5 Å². The topological polar surface area (TPSA) is 103 Å². The minimum atomic E-state index is -3.37. The van der Waals surface area contributed by atoms with Crippen molar-refractivity contribution in [3.63, 3.8) is 0 Å². The van der Waals surface area contributed by atoms with Gasteiger partial charge in [-0.3, -0.25) is 5.32 Å². The Kier molecular flexibility index (Phi) is 4.58. The molecule has 0 aliphatic heterocycles. The number of thioether (sulfide) groups is 1. The summed E-state index contributed by atoms with van der Waals surface area (Å²) in [6, 6.07) is 3.79. The van der Waals surface area contributed by atoms with E-state index in [1.165, 1.54) is 30.0 Å². The Morgan fingerprint density at radius 2 is 2.22 bits per heavy atom. The maximum atomic E-state index is 11.4. The number of hydrogen-bond donors (Lipinski definition) is 2. The van der Waals surface area contributed by atoms with Crippen LogP contribution in [0.1, 0.15) is 0 Å². The molecule has 0 atom stereocenters. The Bertz CT molecular complexity index is 618. The van der Waals surface area contributed by atoms with Crippen molar-refractivity contribution in [1.82, 2.24) is 5.32 Å². The Labute approximate surface area is 109 Å². The van der Waals surface area contributed by atoms with Gasteiger partial charge in [-0.2, -0.15) is 5.26 Å². The molecular formula is C10H11N3O3S2. The summed E-state index contributed by atoms with van der Waals surface area (Å²) in [4.78, 5) is 4.02. The summed E-state index contributed by atoms with van der Waals surface area (Å²) in [5.41, 5.74) is 0.0880. The molecule has 1 aromatic rings. The molecule has 2 N–H and O–H groups in total. The molecule has 0 saturated heterocycles. The molecule has 0 aromatic heterocycles. The van der Waals surface area contributed by atoms with Crippen LogP contribution >= 0.6 is 11.8 Å². The molecule has 0 aliphatic carbocycles. The van der Waals surface area contributed by atoms with Crippen molar-refractivity contribution in [2.24, 2.45) is 4.99 Å². The first-order chi connectivity index (χ1) is 8.38. The van der Waals surface area contributed by atoms with Gasteiger partial charge >= 0.3 is 0 Å². The number of sulfone groups is 1. The second kappa shape index (κ2) is 5.75. The highest BCUT2D eigenvalue weighted by Crippen LogP contribution is 2.29. The number of amidine groups is 1. The normalized spacial score (nSPS) is 11.9. The summed E-state index contributed by atoms with van der Waals surface area (Å²) in [7, 11) is -3.37. The van der Waals surface area contributed by atoms with Gasteiger partial charge in [-0.25, -0.2) is 13.4 Å². The van der Waals surface area contributed by atoms with E-state index in [1.54, 1.807) is 12.4 Å². The van der Waals surface area contributed by atoms with Gasteiger partial charge in [-0.15, -0.1) is 0 Å². The first-order valence-corrected chi connectivity index (χ1v) is 7.81. The second-order valence-electron chi connectivity index (χ2n) is 3.28. The average Bonchev–Trinajstić information content (AvgIpc) is 2.29. The van der Waals surface area contributed by atoms with Crippen LogP contribution in [-0.2, 0) is 9.84 Å². The van der Waals surface area contributed by atoms with Gasteiger partial charge in [0.2, 0.25) is 0 Å². The highest BCUT2D eigenvalue weighted by Gasteiger charge is 2.11. The Hall–Kier alpha value is -1.72. The zero-order valence-electron chi connectivity index (χ0n) is 9.71. The summed E-state index contributed by atoms with van der Waals surface area (Å²) in [6.45, 7) is 0. The first-order valence-electron chi connectivity index (χ1n) is 4.69. The average molecular weight is 285 g/mol. The lowest BCUT2D eigenvalue weighted by molar-refractivity contribution is 0.476. The van der Waals surface area contributed by atoms with Crippen LogP contribution in [0.3, 0.4) is 0 Å². The molecule has 6 nitrogen and oxygen atoms in total. The quantitative estimate of drug-likeness (QED) is 0.366. The first kappa shape index (κ1) is 14.3. The van der Waals surface area contributed by atoms with Crippen LogP contribution in [0.5, 0.6) is 5.75 Å². The van der Waals surface area contributed by atoms with E-state index in [-0.39, 0.29) is 21.5 Å². The van der Waals surface area contributed by atoms with Gasteiger partial charge in [0, 0.05) is 6.26 Å². The van der Waals surface area contributed by atoms with Crippen molar-refractivity contribution in [3.8, 4) is 11.9 Å². The number of aromatic hydroxyl groups is 1. The SMILES string of the molecule is CSC(=Nc1cc(S(C)(=O)=O)ccc1O)NC#N. The van der Waals surface area contributed by atoms with E-state index < -0.39 is 9.84 Å². The number of phenols is 1. The number of nitrogens with zero attached hydrogens (tertiary/aromatic N) is 2. The third-order valence-corrected chi connectivity index (χ3v) is 3.64. The lowest BCUT2D eigenvalue weighted by Crippen LogP contribution is -2.12. The number of benzene rings is 1. The third-order valence-electron chi connectivity index (χ3n) is 1.95. The number of nitrogens with one attached hydrogen (secondary N) is 1. The largest absolute Gasteiger partial charge is 0.506 e. The van der Waals surface area contributed by atoms with Gasteiger partial charge in [-0.1, -0.05) is 11.8 Å². The zero-order valence-corrected chi connectivity index (χ0v) is 11.3. The monoisotopic (exact) mass is 285 g/mol. The Morgan fingerprint density at radius 3 is 2.72 bits per heavy atom. The lowest BCUT2D eigenvalue weighted by atomic mass is 10.3. The van der Waals surface area contributed by atoms with Gasteiger partial charge in [0.1, 0.15) is 11.4 Å².